The van der Waals surface area contributed by atoms with Crippen LogP contribution in [0.4, 0.5) is 4.79 Å². The lowest BCUT2D eigenvalue weighted by Gasteiger charge is -2.33. The Bertz CT molecular complexity index is 1510. The van der Waals surface area contributed by atoms with E-state index in [-0.39, 0.29) is 6.09 Å². The van der Waals surface area contributed by atoms with Gasteiger partial charge < -0.3 is 15.0 Å². The number of halogens is 2. The van der Waals surface area contributed by atoms with E-state index in [2.05, 4.69) is 83.5 Å². The summed E-state index contributed by atoms with van der Waals surface area (Å²) >= 11 is 6.96. The maximum atomic E-state index is 12.2. The summed E-state index contributed by atoms with van der Waals surface area (Å²) in [6.07, 6.45) is 8.16. The van der Waals surface area contributed by atoms with E-state index >= 15 is 0 Å². The fourth-order valence-corrected chi connectivity index (χ4v) is 6.24. The van der Waals surface area contributed by atoms with Crippen molar-refractivity contribution in [1.29, 1.82) is 0 Å². The lowest BCUT2D eigenvalue weighted by molar-refractivity contribution is 0.0205. The summed E-state index contributed by atoms with van der Waals surface area (Å²) in [4.78, 5) is 23.1. The number of carbonyl (C=O) groups is 1. The van der Waals surface area contributed by atoms with Crippen LogP contribution >= 0.6 is 31.9 Å². The first-order valence-corrected chi connectivity index (χ1v) is 16.0. The van der Waals surface area contributed by atoms with Crippen LogP contribution in [0.3, 0.4) is 0 Å². The van der Waals surface area contributed by atoms with E-state index in [4.69, 9.17) is 4.74 Å². The molecule has 0 radical (unpaired) electrons. The standard InChI is InChI=1S/C19H23BrN2O2.C14H15BrN2/c1-19(2,3)24-18(23)22-8-6-13(7-9-22)15-10-14-4-5-16(20)11-17(14)21-12-15;15-13-2-1-11-7-12(9-17-14(11)8-13)10-3-5-16-6-4-10/h4-5,10-13H,6-9H2,1-3H3;1-2,7-10,16H,3-6H2. The number of hydrogen-bond acceptors (Lipinski definition) is 5. The van der Waals surface area contributed by atoms with E-state index in [1.165, 1.54) is 29.4 Å². The number of nitrogens with one attached hydrogen (secondary N) is 1. The van der Waals surface area contributed by atoms with Crippen LogP contribution in [0.5, 0.6) is 0 Å². The topological polar surface area (TPSA) is 67.4 Å². The van der Waals surface area contributed by atoms with Crippen LogP contribution in [0, 0.1) is 0 Å². The molecule has 2 saturated heterocycles. The second-order valence-electron chi connectivity index (χ2n) is 12.0. The minimum absolute atomic E-state index is 0.206. The Morgan fingerprint density at radius 2 is 1.29 bits per heavy atom. The molecule has 2 aliphatic rings. The van der Waals surface area contributed by atoms with E-state index in [1.807, 2.05) is 50.2 Å². The number of ether oxygens (including phenoxy) is 1. The first kappa shape index (κ1) is 29.9. The highest BCUT2D eigenvalue weighted by atomic mass is 79.9. The lowest BCUT2D eigenvalue weighted by Crippen LogP contribution is -2.41. The molecule has 4 heterocycles. The number of aromatic nitrogens is 2. The maximum Gasteiger partial charge on any atom is 0.410 e. The molecule has 6 nitrogen and oxygen atoms in total. The monoisotopic (exact) mass is 680 g/mol. The fraction of sp³-hybridized carbons (Fsp3) is 0.424. The zero-order chi connectivity index (χ0) is 29.0. The van der Waals surface area contributed by atoms with Crippen molar-refractivity contribution < 1.29 is 9.53 Å². The molecule has 41 heavy (non-hydrogen) atoms. The summed E-state index contributed by atoms with van der Waals surface area (Å²) in [5.74, 6) is 1.13. The molecule has 0 unspecified atom stereocenters. The van der Waals surface area contributed by atoms with E-state index in [0.717, 1.165) is 64.4 Å². The van der Waals surface area contributed by atoms with E-state index in [9.17, 15) is 4.79 Å². The highest BCUT2D eigenvalue weighted by molar-refractivity contribution is 9.10. The summed E-state index contributed by atoms with van der Waals surface area (Å²) < 4.78 is 7.59. The molecule has 0 bridgehead atoms. The third kappa shape index (κ3) is 8.05. The molecule has 0 aliphatic carbocycles. The van der Waals surface area contributed by atoms with Gasteiger partial charge in [0.1, 0.15) is 5.60 Å². The van der Waals surface area contributed by atoms with Crippen LogP contribution in [0.15, 0.2) is 69.9 Å². The van der Waals surface area contributed by atoms with Crippen LogP contribution in [-0.4, -0.2) is 52.7 Å². The van der Waals surface area contributed by atoms with Gasteiger partial charge in [0.15, 0.2) is 0 Å². The van der Waals surface area contributed by atoms with Crippen molar-refractivity contribution in [3.63, 3.8) is 0 Å². The highest BCUT2D eigenvalue weighted by Crippen LogP contribution is 2.31. The third-order valence-electron chi connectivity index (χ3n) is 7.76. The van der Waals surface area contributed by atoms with Crippen LogP contribution in [-0.2, 0) is 4.74 Å². The van der Waals surface area contributed by atoms with Crippen molar-refractivity contribution in [2.24, 2.45) is 0 Å². The summed E-state index contributed by atoms with van der Waals surface area (Å²) in [5.41, 5.74) is 4.27. The summed E-state index contributed by atoms with van der Waals surface area (Å²) in [7, 11) is 0. The SMILES string of the molecule is Brc1ccc2cc(C3CCNCC3)cnc2c1.CC(C)(C)OC(=O)N1CCC(c2cnc3cc(Br)ccc3c2)CC1. The molecule has 2 aliphatic heterocycles. The average Bonchev–Trinajstić information content (AvgIpc) is 2.96. The number of hydrogen-bond donors (Lipinski definition) is 1. The van der Waals surface area contributed by atoms with E-state index in [0.29, 0.717) is 11.8 Å². The Kier molecular flexibility index (Phi) is 9.62. The van der Waals surface area contributed by atoms with Crippen LogP contribution < -0.4 is 5.32 Å². The molecule has 4 aromatic rings. The van der Waals surface area contributed by atoms with E-state index < -0.39 is 5.60 Å². The highest BCUT2D eigenvalue weighted by Gasteiger charge is 2.27. The second-order valence-corrected chi connectivity index (χ2v) is 13.8. The van der Waals surface area contributed by atoms with Gasteiger partial charge in [0, 0.05) is 45.2 Å². The number of fused-ring (bicyclic) bond motifs is 2. The van der Waals surface area contributed by atoms with Crippen LogP contribution in [0.1, 0.15) is 69.4 Å². The van der Waals surface area contributed by atoms with Crippen molar-refractivity contribution in [1.82, 2.24) is 20.2 Å². The Hall–Kier alpha value is -2.55. The van der Waals surface area contributed by atoms with Crippen molar-refractivity contribution in [3.05, 3.63) is 81.0 Å². The van der Waals surface area contributed by atoms with E-state index in [1.54, 1.807) is 0 Å². The van der Waals surface area contributed by atoms with Gasteiger partial charge in [-0.2, -0.15) is 0 Å². The largest absolute Gasteiger partial charge is 0.444 e. The number of amides is 1. The van der Waals surface area contributed by atoms with Crippen LogP contribution in [0.25, 0.3) is 21.8 Å². The average molecular weight is 683 g/mol. The quantitative estimate of drug-likeness (QED) is 0.230. The van der Waals surface area contributed by atoms with Gasteiger partial charge in [0.25, 0.3) is 0 Å². The smallest absolute Gasteiger partial charge is 0.410 e. The molecule has 1 N–H and O–H groups in total. The van der Waals surface area contributed by atoms with Crippen molar-refractivity contribution in [2.75, 3.05) is 26.2 Å². The van der Waals surface area contributed by atoms with Gasteiger partial charge in [-0.05, 0) is 119 Å². The molecule has 0 saturated carbocycles. The number of pyridine rings is 2. The molecule has 216 valence electrons. The molecule has 0 atom stereocenters. The lowest BCUT2D eigenvalue weighted by atomic mass is 9.90. The summed E-state index contributed by atoms with van der Waals surface area (Å²) in [6, 6.07) is 17.0. The van der Waals surface area contributed by atoms with Gasteiger partial charge in [0.05, 0.1) is 11.0 Å². The molecular formula is C33H38Br2N4O2. The van der Waals surface area contributed by atoms with Crippen LogP contribution in [0.2, 0.25) is 0 Å². The molecule has 2 aromatic heterocycles. The Labute approximate surface area is 259 Å². The third-order valence-corrected chi connectivity index (χ3v) is 8.75. The summed E-state index contributed by atoms with van der Waals surface area (Å²) in [5, 5.41) is 5.80. The second kappa shape index (κ2) is 13.2. The van der Waals surface area contributed by atoms with Gasteiger partial charge >= 0.3 is 6.09 Å². The van der Waals surface area contributed by atoms with Crippen molar-refractivity contribution in [3.8, 4) is 0 Å². The van der Waals surface area contributed by atoms with Crippen molar-refractivity contribution in [2.45, 2.75) is 63.9 Å². The normalized spacial score (nSPS) is 16.9. The zero-order valence-corrected chi connectivity index (χ0v) is 27.2. The summed E-state index contributed by atoms with van der Waals surface area (Å²) in [6.45, 7) is 9.42. The predicted octanol–water partition coefficient (Wildman–Crippen LogP) is 8.58. The molecule has 1 amide bonds. The zero-order valence-electron chi connectivity index (χ0n) is 24.0. The number of rotatable bonds is 2. The van der Waals surface area contributed by atoms with Gasteiger partial charge in [-0.25, -0.2) is 4.79 Å². The fourth-order valence-electron chi connectivity index (χ4n) is 5.55. The molecule has 0 spiro atoms. The maximum absolute atomic E-state index is 12.2. The number of carbonyl (C=O) groups excluding carboxylic acids is 1. The molecule has 2 aromatic carbocycles. The van der Waals surface area contributed by atoms with Gasteiger partial charge in [-0.3, -0.25) is 9.97 Å². The van der Waals surface area contributed by atoms with Gasteiger partial charge in [0.2, 0.25) is 0 Å². The molecule has 6 rings (SSSR count). The minimum atomic E-state index is -0.440. The predicted molar refractivity (Wildman–Crippen MR) is 174 cm³/mol. The number of benzene rings is 2. The number of piperidine rings is 2. The Morgan fingerprint density at radius 1 is 0.805 bits per heavy atom. The first-order chi connectivity index (χ1) is 19.6. The Balaban J connectivity index is 0.000000174. The number of likely N-dealkylation sites (tertiary alicyclic amines) is 1. The minimum Gasteiger partial charge on any atom is -0.444 e. The molecular weight excluding hydrogens is 644 g/mol. The van der Waals surface area contributed by atoms with Gasteiger partial charge in [-0.15, -0.1) is 0 Å². The molecule has 2 fully saturated rings. The molecule has 8 heteroatoms. The number of nitrogens with zero attached hydrogens (tertiary/aromatic N) is 3. The van der Waals surface area contributed by atoms with Crippen molar-refractivity contribution >= 4 is 59.8 Å². The van der Waals surface area contributed by atoms with Gasteiger partial charge in [-0.1, -0.05) is 44.0 Å². The first-order valence-electron chi connectivity index (χ1n) is 14.4. The Morgan fingerprint density at radius 3 is 1.78 bits per heavy atom.